The number of benzene rings is 1. The Bertz CT molecular complexity index is 411. The molecule has 1 N–H and O–H groups in total. The Morgan fingerprint density at radius 3 is 2.72 bits per heavy atom. The monoisotopic (exact) mass is 248 g/mol. The molecule has 3 heteroatoms. The number of Topliss-reactive ketones (excluding diaryl/α,β-unsaturated/α-hetero) is 1. The van der Waals surface area contributed by atoms with Crippen molar-refractivity contribution in [1.82, 2.24) is 0 Å². The summed E-state index contributed by atoms with van der Waals surface area (Å²) in [5.74, 6) is 0.0253. The SMILES string of the molecule is CC1(C)CC[C@H](O)[C@@H](CC(=O)c2ccccc2)O1. The van der Waals surface area contributed by atoms with Crippen LogP contribution in [0.5, 0.6) is 0 Å². The highest BCUT2D eigenvalue weighted by Gasteiger charge is 2.35. The number of aliphatic hydroxyl groups is 1. The molecule has 2 rings (SSSR count). The Morgan fingerprint density at radius 2 is 2.06 bits per heavy atom. The minimum absolute atomic E-state index is 0.0253. The Labute approximate surface area is 108 Å². The number of aliphatic hydroxyl groups excluding tert-OH is 1. The molecule has 2 atom stereocenters. The van der Waals surface area contributed by atoms with E-state index < -0.39 is 6.10 Å². The number of rotatable bonds is 3. The van der Waals surface area contributed by atoms with Crippen LogP contribution in [0.3, 0.4) is 0 Å². The van der Waals surface area contributed by atoms with Gasteiger partial charge in [-0.3, -0.25) is 4.79 Å². The van der Waals surface area contributed by atoms with Crippen molar-refractivity contribution in [1.29, 1.82) is 0 Å². The molecule has 3 nitrogen and oxygen atoms in total. The second-order valence-electron chi connectivity index (χ2n) is 5.52. The van der Waals surface area contributed by atoms with Crippen LogP contribution in [0.15, 0.2) is 30.3 Å². The standard InChI is InChI=1S/C15H20O3/c1-15(2)9-8-12(16)14(18-15)10-13(17)11-6-4-3-5-7-11/h3-7,12,14,16H,8-10H2,1-2H3/t12-,14+/m0/s1. The van der Waals surface area contributed by atoms with Crippen molar-refractivity contribution < 1.29 is 14.6 Å². The lowest BCUT2D eigenvalue weighted by atomic mass is 9.90. The summed E-state index contributed by atoms with van der Waals surface area (Å²) in [5, 5.41) is 9.92. The molecule has 0 bridgehead atoms. The van der Waals surface area contributed by atoms with Crippen LogP contribution in [0.1, 0.15) is 43.5 Å². The first-order valence-corrected chi connectivity index (χ1v) is 6.42. The van der Waals surface area contributed by atoms with Crippen LogP contribution in [-0.4, -0.2) is 28.7 Å². The molecule has 1 fully saturated rings. The third-order valence-corrected chi connectivity index (χ3v) is 3.42. The van der Waals surface area contributed by atoms with E-state index in [2.05, 4.69) is 0 Å². The number of carbonyl (C=O) groups is 1. The second kappa shape index (κ2) is 5.21. The van der Waals surface area contributed by atoms with E-state index in [-0.39, 0.29) is 23.9 Å². The van der Waals surface area contributed by atoms with Gasteiger partial charge in [0.15, 0.2) is 5.78 Å². The molecule has 0 unspecified atom stereocenters. The summed E-state index contributed by atoms with van der Waals surface area (Å²) in [7, 11) is 0. The average Bonchev–Trinajstić information content (AvgIpc) is 2.35. The number of ether oxygens (including phenoxy) is 1. The molecule has 0 radical (unpaired) electrons. The van der Waals surface area contributed by atoms with Gasteiger partial charge in [-0.15, -0.1) is 0 Å². The summed E-state index contributed by atoms with van der Waals surface area (Å²) < 4.78 is 5.81. The highest BCUT2D eigenvalue weighted by Crippen LogP contribution is 2.30. The van der Waals surface area contributed by atoms with Gasteiger partial charge >= 0.3 is 0 Å². The van der Waals surface area contributed by atoms with Crippen LogP contribution in [-0.2, 0) is 4.74 Å². The number of hydrogen-bond acceptors (Lipinski definition) is 3. The van der Waals surface area contributed by atoms with Gasteiger partial charge in [0, 0.05) is 12.0 Å². The van der Waals surface area contributed by atoms with Gasteiger partial charge < -0.3 is 9.84 Å². The first-order chi connectivity index (χ1) is 8.48. The summed E-state index contributed by atoms with van der Waals surface area (Å²) in [4.78, 5) is 12.1. The molecule has 1 heterocycles. The summed E-state index contributed by atoms with van der Waals surface area (Å²) in [6, 6.07) is 9.15. The van der Waals surface area contributed by atoms with Crippen LogP contribution in [0, 0.1) is 0 Å². The molecule has 18 heavy (non-hydrogen) atoms. The number of carbonyl (C=O) groups excluding carboxylic acids is 1. The van der Waals surface area contributed by atoms with Crippen LogP contribution in [0.2, 0.25) is 0 Å². The number of hydrogen-bond donors (Lipinski definition) is 1. The molecule has 0 spiro atoms. The summed E-state index contributed by atoms with van der Waals surface area (Å²) in [6.07, 6.45) is 0.838. The first-order valence-electron chi connectivity index (χ1n) is 6.42. The van der Waals surface area contributed by atoms with Crippen LogP contribution < -0.4 is 0 Å². The lowest BCUT2D eigenvalue weighted by Crippen LogP contribution is -2.44. The maximum absolute atomic E-state index is 12.1. The smallest absolute Gasteiger partial charge is 0.165 e. The van der Waals surface area contributed by atoms with Crippen molar-refractivity contribution in [3.63, 3.8) is 0 Å². The van der Waals surface area contributed by atoms with Crippen molar-refractivity contribution >= 4 is 5.78 Å². The predicted molar refractivity (Wildman–Crippen MR) is 69.6 cm³/mol. The zero-order valence-electron chi connectivity index (χ0n) is 10.9. The lowest BCUT2D eigenvalue weighted by molar-refractivity contribution is -0.157. The summed E-state index contributed by atoms with van der Waals surface area (Å²) in [5.41, 5.74) is 0.428. The minimum Gasteiger partial charge on any atom is -0.390 e. The molecule has 0 aliphatic carbocycles. The molecule has 1 aromatic carbocycles. The fourth-order valence-corrected chi connectivity index (χ4v) is 2.33. The lowest BCUT2D eigenvalue weighted by Gasteiger charge is -2.38. The molecular formula is C15H20O3. The van der Waals surface area contributed by atoms with Gasteiger partial charge in [-0.1, -0.05) is 30.3 Å². The maximum Gasteiger partial charge on any atom is 0.165 e. The van der Waals surface area contributed by atoms with Crippen molar-refractivity contribution in [2.45, 2.75) is 50.9 Å². The van der Waals surface area contributed by atoms with Crippen molar-refractivity contribution in [2.75, 3.05) is 0 Å². The quantitative estimate of drug-likeness (QED) is 0.836. The zero-order chi connectivity index (χ0) is 13.2. The Balaban J connectivity index is 2.02. The van der Waals surface area contributed by atoms with E-state index in [9.17, 15) is 9.90 Å². The van der Waals surface area contributed by atoms with Gasteiger partial charge in [-0.05, 0) is 26.7 Å². The third-order valence-electron chi connectivity index (χ3n) is 3.42. The van der Waals surface area contributed by atoms with E-state index in [4.69, 9.17) is 4.74 Å². The van der Waals surface area contributed by atoms with Gasteiger partial charge in [-0.25, -0.2) is 0 Å². The van der Waals surface area contributed by atoms with Crippen molar-refractivity contribution in [2.24, 2.45) is 0 Å². The Kier molecular flexibility index (Phi) is 3.83. The molecule has 0 saturated carbocycles. The van der Waals surface area contributed by atoms with E-state index in [1.807, 2.05) is 32.0 Å². The topological polar surface area (TPSA) is 46.5 Å². The minimum atomic E-state index is -0.536. The molecule has 0 amide bonds. The van der Waals surface area contributed by atoms with Gasteiger partial charge in [-0.2, -0.15) is 0 Å². The Hall–Kier alpha value is -1.19. The molecule has 1 saturated heterocycles. The van der Waals surface area contributed by atoms with E-state index >= 15 is 0 Å². The molecule has 98 valence electrons. The first kappa shape index (κ1) is 13.2. The maximum atomic E-state index is 12.1. The average molecular weight is 248 g/mol. The van der Waals surface area contributed by atoms with E-state index in [1.54, 1.807) is 12.1 Å². The molecule has 0 aromatic heterocycles. The van der Waals surface area contributed by atoms with E-state index in [1.165, 1.54) is 0 Å². The second-order valence-corrected chi connectivity index (χ2v) is 5.52. The van der Waals surface area contributed by atoms with Crippen molar-refractivity contribution in [3.05, 3.63) is 35.9 Å². The number of ketones is 1. The molecular weight excluding hydrogens is 228 g/mol. The molecule has 1 aliphatic rings. The van der Waals surface area contributed by atoms with Gasteiger partial charge in [0.05, 0.1) is 17.8 Å². The predicted octanol–water partition coefficient (Wildman–Crippen LogP) is 2.58. The third kappa shape index (κ3) is 3.18. The van der Waals surface area contributed by atoms with Gasteiger partial charge in [0.25, 0.3) is 0 Å². The normalized spacial score (nSPS) is 26.8. The fourth-order valence-electron chi connectivity index (χ4n) is 2.33. The summed E-state index contributed by atoms with van der Waals surface area (Å²) >= 11 is 0. The van der Waals surface area contributed by atoms with Crippen LogP contribution in [0.25, 0.3) is 0 Å². The van der Waals surface area contributed by atoms with E-state index in [0.29, 0.717) is 12.0 Å². The van der Waals surface area contributed by atoms with Gasteiger partial charge in [0.1, 0.15) is 0 Å². The zero-order valence-corrected chi connectivity index (χ0v) is 10.9. The fraction of sp³-hybridized carbons (Fsp3) is 0.533. The largest absolute Gasteiger partial charge is 0.390 e. The molecule has 1 aliphatic heterocycles. The molecule has 1 aromatic rings. The van der Waals surface area contributed by atoms with Crippen molar-refractivity contribution in [3.8, 4) is 0 Å². The van der Waals surface area contributed by atoms with Crippen LogP contribution >= 0.6 is 0 Å². The summed E-state index contributed by atoms with van der Waals surface area (Å²) in [6.45, 7) is 4.00. The van der Waals surface area contributed by atoms with Gasteiger partial charge in [0.2, 0.25) is 0 Å². The highest BCUT2D eigenvalue weighted by atomic mass is 16.5. The Morgan fingerprint density at radius 1 is 1.39 bits per heavy atom. The van der Waals surface area contributed by atoms with E-state index in [0.717, 1.165) is 6.42 Å². The van der Waals surface area contributed by atoms with Crippen LogP contribution in [0.4, 0.5) is 0 Å². The highest BCUT2D eigenvalue weighted by molar-refractivity contribution is 5.96.